The zero-order valence-corrected chi connectivity index (χ0v) is 12.7. The largest absolute Gasteiger partial charge is 0.397 e. The number of benzene rings is 1. The van der Waals surface area contributed by atoms with Gasteiger partial charge in [-0.25, -0.2) is 0 Å². The fourth-order valence-corrected chi connectivity index (χ4v) is 3.73. The summed E-state index contributed by atoms with van der Waals surface area (Å²) in [6, 6.07) is 7.89. The third-order valence-corrected chi connectivity index (χ3v) is 5.74. The summed E-state index contributed by atoms with van der Waals surface area (Å²) >= 11 is 1.47. The number of rotatable bonds is 4. The van der Waals surface area contributed by atoms with Gasteiger partial charge in [0.15, 0.2) is 0 Å². The highest BCUT2D eigenvalue weighted by Gasteiger charge is 2.45. The summed E-state index contributed by atoms with van der Waals surface area (Å²) in [6.45, 7) is 5.22. The predicted octanol–water partition coefficient (Wildman–Crippen LogP) is 3.65. The normalized spacial score (nSPS) is 16.6. The molecule has 1 aromatic carbocycles. The van der Waals surface area contributed by atoms with Gasteiger partial charge in [-0.05, 0) is 30.2 Å². The molecule has 3 nitrogen and oxygen atoms in total. The van der Waals surface area contributed by atoms with Crippen LogP contribution in [0.5, 0.6) is 0 Å². The lowest BCUT2D eigenvalue weighted by Gasteiger charge is -2.19. The first-order valence-corrected chi connectivity index (χ1v) is 7.90. The number of carbonyl (C=O) groups is 1. The third kappa shape index (κ3) is 2.18. The van der Waals surface area contributed by atoms with Crippen LogP contribution < -0.4 is 11.1 Å². The number of hydrogen-bond donors (Lipinski definition) is 2. The molecule has 0 saturated heterocycles. The van der Waals surface area contributed by atoms with Gasteiger partial charge in [0.25, 0.3) is 5.91 Å². The zero-order valence-electron chi connectivity index (χ0n) is 11.9. The molecule has 20 heavy (non-hydrogen) atoms. The van der Waals surface area contributed by atoms with Crippen LogP contribution in [-0.2, 0) is 0 Å². The van der Waals surface area contributed by atoms with E-state index in [4.69, 9.17) is 5.73 Å². The average molecular weight is 288 g/mol. The molecule has 1 heterocycles. The highest BCUT2D eigenvalue weighted by Crippen LogP contribution is 2.51. The minimum Gasteiger partial charge on any atom is -0.397 e. The van der Waals surface area contributed by atoms with Crippen LogP contribution in [0.3, 0.4) is 0 Å². The van der Waals surface area contributed by atoms with E-state index >= 15 is 0 Å². The third-order valence-electron chi connectivity index (χ3n) is 4.56. The maximum absolute atomic E-state index is 12.4. The summed E-state index contributed by atoms with van der Waals surface area (Å²) in [6.07, 6.45) is 2.43. The minimum atomic E-state index is -0.0318. The smallest absolute Gasteiger partial charge is 0.263 e. The van der Waals surface area contributed by atoms with E-state index in [9.17, 15) is 4.79 Å². The number of thiophene rings is 1. The van der Waals surface area contributed by atoms with Crippen molar-refractivity contribution < 1.29 is 4.79 Å². The van der Waals surface area contributed by atoms with E-state index in [-0.39, 0.29) is 5.91 Å². The molecular formula is C16H20N2OS. The Kier molecular flexibility index (Phi) is 3.21. The van der Waals surface area contributed by atoms with Crippen molar-refractivity contribution in [3.05, 3.63) is 29.1 Å². The highest BCUT2D eigenvalue weighted by molar-refractivity contribution is 7.21. The molecule has 106 valence electrons. The van der Waals surface area contributed by atoms with Crippen LogP contribution in [0.2, 0.25) is 0 Å². The summed E-state index contributed by atoms with van der Waals surface area (Å²) in [7, 11) is 0. The molecule has 3 N–H and O–H groups in total. The molecule has 0 atom stereocenters. The van der Waals surface area contributed by atoms with Crippen molar-refractivity contribution in [2.24, 2.45) is 11.3 Å². The second kappa shape index (κ2) is 4.77. The lowest BCUT2D eigenvalue weighted by atomic mass is 9.92. The van der Waals surface area contributed by atoms with E-state index in [0.717, 1.165) is 16.6 Å². The van der Waals surface area contributed by atoms with Gasteiger partial charge in [0.1, 0.15) is 4.88 Å². The van der Waals surface area contributed by atoms with Gasteiger partial charge in [-0.1, -0.05) is 32.0 Å². The van der Waals surface area contributed by atoms with Gasteiger partial charge in [0.05, 0.1) is 5.69 Å². The van der Waals surface area contributed by atoms with E-state index in [0.29, 0.717) is 21.9 Å². The van der Waals surface area contributed by atoms with Crippen LogP contribution in [0.4, 0.5) is 5.69 Å². The molecule has 0 aliphatic heterocycles. The highest BCUT2D eigenvalue weighted by atomic mass is 32.1. The van der Waals surface area contributed by atoms with Gasteiger partial charge in [-0.2, -0.15) is 0 Å². The second-order valence-corrected chi connectivity index (χ2v) is 7.09. The summed E-state index contributed by atoms with van der Waals surface area (Å²) in [5.74, 6) is 0.582. The maximum Gasteiger partial charge on any atom is 0.263 e. The summed E-state index contributed by atoms with van der Waals surface area (Å²) in [4.78, 5) is 13.0. The number of nitrogens with one attached hydrogen (secondary N) is 1. The molecule has 0 spiro atoms. The summed E-state index contributed by atoms with van der Waals surface area (Å²) in [5, 5.41) is 4.06. The Morgan fingerprint density at radius 2 is 2.10 bits per heavy atom. The van der Waals surface area contributed by atoms with Crippen LogP contribution in [-0.4, -0.2) is 12.5 Å². The van der Waals surface area contributed by atoms with E-state index < -0.39 is 0 Å². The second-order valence-electron chi connectivity index (χ2n) is 6.04. The van der Waals surface area contributed by atoms with E-state index in [1.807, 2.05) is 24.3 Å². The van der Waals surface area contributed by atoms with Crippen LogP contribution in [0, 0.1) is 11.3 Å². The molecule has 1 fully saturated rings. The molecule has 0 radical (unpaired) electrons. The predicted molar refractivity (Wildman–Crippen MR) is 85.1 cm³/mol. The van der Waals surface area contributed by atoms with Crippen molar-refractivity contribution in [2.75, 3.05) is 12.3 Å². The Balaban J connectivity index is 1.78. The number of nitrogens with two attached hydrogens (primary N) is 1. The maximum atomic E-state index is 12.4. The average Bonchev–Trinajstić information content (AvgIpc) is 3.16. The van der Waals surface area contributed by atoms with Gasteiger partial charge >= 0.3 is 0 Å². The van der Waals surface area contributed by atoms with Gasteiger partial charge in [0, 0.05) is 16.6 Å². The van der Waals surface area contributed by atoms with E-state index in [2.05, 4.69) is 19.2 Å². The molecule has 1 aliphatic carbocycles. The Morgan fingerprint density at radius 3 is 2.70 bits per heavy atom. The number of nitrogen functional groups attached to an aromatic ring is 1. The van der Waals surface area contributed by atoms with Crippen molar-refractivity contribution in [3.8, 4) is 0 Å². The van der Waals surface area contributed by atoms with Crippen molar-refractivity contribution in [3.63, 3.8) is 0 Å². The number of amides is 1. The van der Waals surface area contributed by atoms with Crippen LogP contribution >= 0.6 is 11.3 Å². The van der Waals surface area contributed by atoms with Gasteiger partial charge < -0.3 is 11.1 Å². The van der Waals surface area contributed by atoms with E-state index in [1.165, 1.54) is 24.2 Å². The molecule has 1 saturated carbocycles. The Morgan fingerprint density at radius 1 is 1.40 bits per heavy atom. The molecule has 1 aliphatic rings. The molecule has 4 heteroatoms. The summed E-state index contributed by atoms with van der Waals surface area (Å²) in [5.41, 5.74) is 7.03. The van der Waals surface area contributed by atoms with Gasteiger partial charge in [0.2, 0.25) is 0 Å². The lowest BCUT2D eigenvalue weighted by Crippen LogP contribution is -2.32. The van der Waals surface area contributed by atoms with Gasteiger partial charge in [-0.3, -0.25) is 4.79 Å². The van der Waals surface area contributed by atoms with Gasteiger partial charge in [-0.15, -0.1) is 11.3 Å². The standard InChI is InChI=1S/C16H20N2OS/c1-10(2)16(7-8-16)9-18-15(19)14-13(17)11-5-3-4-6-12(11)20-14/h3-6,10H,7-9,17H2,1-2H3,(H,18,19). The number of hydrogen-bond acceptors (Lipinski definition) is 3. The molecule has 1 aromatic heterocycles. The molecule has 3 rings (SSSR count). The van der Waals surface area contributed by atoms with Crippen molar-refractivity contribution in [1.29, 1.82) is 0 Å². The monoisotopic (exact) mass is 288 g/mol. The van der Waals surface area contributed by atoms with Crippen molar-refractivity contribution in [1.82, 2.24) is 5.32 Å². The number of carbonyl (C=O) groups excluding carboxylic acids is 1. The van der Waals surface area contributed by atoms with Crippen molar-refractivity contribution in [2.45, 2.75) is 26.7 Å². The molecule has 0 unspecified atom stereocenters. The molecule has 2 aromatic rings. The number of fused-ring (bicyclic) bond motifs is 1. The zero-order chi connectivity index (χ0) is 14.3. The first-order chi connectivity index (χ1) is 9.53. The van der Waals surface area contributed by atoms with Crippen molar-refractivity contribution >= 4 is 33.0 Å². The first kappa shape index (κ1) is 13.4. The molecular weight excluding hydrogens is 268 g/mol. The van der Waals surface area contributed by atoms with E-state index in [1.54, 1.807) is 0 Å². The molecule has 1 amide bonds. The molecule has 0 bridgehead atoms. The summed E-state index contributed by atoms with van der Waals surface area (Å²) < 4.78 is 1.07. The minimum absolute atomic E-state index is 0.0318. The Hall–Kier alpha value is -1.55. The fourth-order valence-electron chi connectivity index (χ4n) is 2.69. The first-order valence-electron chi connectivity index (χ1n) is 7.09. The Bertz CT molecular complexity index is 656. The quantitative estimate of drug-likeness (QED) is 0.902. The SMILES string of the molecule is CC(C)C1(CNC(=O)c2sc3ccccc3c2N)CC1. The number of anilines is 1. The lowest BCUT2D eigenvalue weighted by molar-refractivity contribution is 0.0944. The van der Waals surface area contributed by atoms with Crippen LogP contribution in [0.25, 0.3) is 10.1 Å². The van der Waals surface area contributed by atoms with Crippen LogP contribution in [0.15, 0.2) is 24.3 Å². The Labute approximate surface area is 123 Å². The van der Waals surface area contributed by atoms with Crippen LogP contribution in [0.1, 0.15) is 36.4 Å². The topological polar surface area (TPSA) is 55.1 Å². The fraction of sp³-hybridized carbons (Fsp3) is 0.438.